The SMILES string of the molecule is C[C@H]1C(=O)N(C)C(N)=N[C@]1(C)c1cccc(-c2ccc(F)c(C#N)c2)c1. The minimum atomic E-state index is -0.804. The van der Waals surface area contributed by atoms with Crippen LogP contribution in [0.25, 0.3) is 11.1 Å². The summed E-state index contributed by atoms with van der Waals surface area (Å²) >= 11 is 0. The van der Waals surface area contributed by atoms with Crippen molar-refractivity contribution >= 4 is 11.9 Å². The van der Waals surface area contributed by atoms with Crippen molar-refractivity contribution in [2.75, 3.05) is 7.05 Å². The van der Waals surface area contributed by atoms with Gasteiger partial charge in [0.2, 0.25) is 5.91 Å². The largest absolute Gasteiger partial charge is 0.369 e. The molecule has 3 rings (SSSR count). The van der Waals surface area contributed by atoms with Crippen LogP contribution < -0.4 is 5.73 Å². The Morgan fingerprint density at radius 3 is 2.65 bits per heavy atom. The summed E-state index contributed by atoms with van der Waals surface area (Å²) < 4.78 is 13.6. The molecule has 132 valence electrons. The molecule has 0 radical (unpaired) electrons. The van der Waals surface area contributed by atoms with Crippen molar-refractivity contribution in [1.29, 1.82) is 5.26 Å². The maximum atomic E-state index is 13.6. The molecule has 2 aromatic carbocycles. The number of nitriles is 1. The molecule has 0 unspecified atom stereocenters. The molecule has 1 aliphatic rings. The average molecular weight is 350 g/mol. The number of carbonyl (C=O) groups excluding carboxylic acids is 1. The van der Waals surface area contributed by atoms with Crippen LogP contribution >= 0.6 is 0 Å². The number of benzene rings is 2. The summed E-state index contributed by atoms with van der Waals surface area (Å²) in [6.07, 6.45) is 0. The lowest BCUT2D eigenvalue weighted by atomic mass is 9.78. The smallest absolute Gasteiger partial charge is 0.234 e. The Labute approximate surface area is 151 Å². The molecule has 2 N–H and O–H groups in total. The van der Waals surface area contributed by atoms with Crippen LogP contribution in [0.2, 0.25) is 0 Å². The zero-order valence-electron chi connectivity index (χ0n) is 14.8. The van der Waals surface area contributed by atoms with E-state index in [2.05, 4.69) is 4.99 Å². The van der Waals surface area contributed by atoms with Gasteiger partial charge >= 0.3 is 0 Å². The molecule has 0 bridgehead atoms. The fourth-order valence-corrected chi connectivity index (χ4v) is 3.17. The quantitative estimate of drug-likeness (QED) is 0.904. The molecule has 5 nitrogen and oxygen atoms in total. The van der Waals surface area contributed by atoms with Crippen LogP contribution in [0.5, 0.6) is 0 Å². The number of halogens is 1. The maximum Gasteiger partial charge on any atom is 0.234 e. The Morgan fingerprint density at radius 1 is 1.27 bits per heavy atom. The van der Waals surface area contributed by atoms with Gasteiger partial charge in [-0.3, -0.25) is 9.69 Å². The normalized spacial score (nSPS) is 22.7. The van der Waals surface area contributed by atoms with Crippen LogP contribution in [0.15, 0.2) is 47.5 Å². The van der Waals surface area contributed by atoms with E-state index < -0.39 is 17.3 Å². The summed E-state index contributed by atoms with van der Waals surface area (Å²) in [6.45, 7) is 3.70. The topological polar surface area (TPSA) is 82.5 Å². The highest BCUT2D eigenvalue weighted by Gasteiger charge is 2.43. The monoisotopic (exact) mass is 350 g/mol. The van der Waals surface area contributed by atoms with Crippen LogP contribution in [0.1, 0.15) is 25.0 Å². The average Bonchev–Trinajstić information content (AvgIpc) is 2.65. The number of nitrogens with two attached hydrogens (primary N) is 1. The zero-order valence-corrected chi connectivity index (χ0v) is 14.8. The molecular formula is C20H19FN4O. The van der Waals surface area contributed by atoms with E-state index in [1.807, 2.05) is 44.2 Å². The molecule has 0 aromatic heterocycles. The lowest BCUT2D eigenvalue weighted by molar-refractivity contribution is -0.133. The second kappa shape index (κ2) is 6.26. The first-order chi connectivity index (χ1) is 12.3. The van der Waals surface area contributed by atoms with Gasteiger partial charge in [0, 0.05) is 7.05 Å². The molecule has 2 aromatic rings. The summed E-state index contributed by atoms with van der Waals surface area (Å²) in [5.74, 6) is -0.863. The van der Waals surface area contributed by atoms with Crippen molar-refractivity contribution in [1.82, 2.24) is 4.90 Å². The van der Waals surface area contributed by atoms with Crippen LogP contribution in [0.4, 0.5) is 4.39 Å². The van der Waals surface area contributed by atoms with Crippen LogP contribution in [-0.4, -0.2) is 23.8 Å². The van der Waals surface area contributed by atoms with Crippen molar-refractivity contribution in [3.8, 4) is 17.2 Å². The van der Waals surface area contributed by atoms with Gasteiger partial charge in [0.1, 0.15) is 11.9 Å². The first-order valence-electron chi connectivity index (χ1n) is 8.21. The number of amides is 1. The van der Waals surface area contributed by atoms with Crippen molar-refractivity contribution < 1.29 is 9.18 Å². The molecule has 0 fully saturated rings. The van der Waals surface area contributed by atoms with E-state index in [1.54, 1.807) is 13.1 Å². The summed E-state index contributed by atoms with van der Waals surface area (Å²) in [7, 11) is 1.61. The molecular weight excluding hydrogens is 331 g/mol. The number of nitrogens with zero attached hydrogens (tertiary/aromatic N) is 3. The zero-order chi connectivity index (χ0) is 19.1. The molecule has 0 saturated carbocycles. The van der Waals surface area contributed by atoms with Gasteiger partial charge in [0.05, 0.1) is 17.0 Å². The van der Waals surface area contributed by atoms with Gasteiger partial charge in [0.15, 0.2) is 5.96 Å². The van der Waals surface area contributed by atoms with E-state index in [-0.39, 0.29) is 17.4 Å². The number of rotatable bonds is 2. The van der Waals surface area contributed by atoms with Gasteiger partial charge in [-0.05, 0) is 41.8 Å². The molecule has 0 aliphatic carbocycles. The van der Waals surface area contributed by atoms with E-state index in [9.17, 15) is 9.18 Å². The standard InChI is InChI=1S/C20H19FN4O/c1-12-18(26)25(3)19(23)24-20(12,2)16-6-4-5-13(10-16)14-7-8-17(21)15(9-14)11-22/h4-10,12H,1-3H3,(H2,23,24)/t12-,20-/m0/s1. The molecule has 26 heavy (non-hydrogen) atoms. The van der Waals surface area contributed by atoms with E-state index in [1.165, 1.54) is 17.0 Å². The Balaban J connectivity index is 2.11. The minimum absolute atomic E-state index is 0.00998. The lowest BCUT2D eigenvalue weighted by Crippen LogP contribution is -2.52. The molecule has 1 amide bonds. The third-order valence-corrected chi connectivity index (χ3v) is 5.10. The van der Waals surface area contributed by atoms with Gasteiger partial charge < -0.3 is 5.73 Å². The fourth-order valence-electron chi connectivity index (χ4n) is 3.17. The number of aliphatic imine (C=N–C) groups is 1. The summed E-state index contributed by atoms with van der Waals surface area (Å²) in [5.41, 5.74) is 7.47. The van der Waals surface area contributed by atoms with Crippen molar-refractivity contribution in [3.05, 3.63) is 59.4 Å². The molecule has 2 atom stereocenters. The highest BCUT2D eigenvalue weighted by molar-refractivity contribution is 6.00. The molecule has 6 heteroatoms. The van der Waals surface area contributed by atoms with Crippen molar-refractivity contribution in [3.63, 3.8) is 0 Å². The number of hydrogen-bond donors (Lipinski definition) is 1. The number of hydrogen-bond acceptors (Lipinski definition) is 4. The van der Waals surface area contributed by atoms with E-state index in [4.69, 9.17) is 11.0 Å². The predicted octanol–water partition coefficient (Wildman–Crippen LogP) is 3.00. The highest BCUT2D eigenvalue weighted by atomic mass is 19.1. The van der Waals surface area contributed by atoms with E-state index >= 15 is 0 Å². The van der Waals surface area contributed by atoms with Crippen LogP contribution in [0.3, 0.4) is 0 Å². The Hall–Kier alpha value is -3.20. The van der Waals surface area contributed by atoms with Gasteiger partial charge in [-0.15, -0.1) is 0 Å². The van der Waals surface area contributed by atoms with Crippen molar-refractivity contribution in [2.45, 2.75) is 19.4 Å². The van der Waals surface area contributed by atoms with Gasteiger partial charge in [-0.1, -0.05) is 31.2 Å². The summed E-state index contributed by atoms with van der Waals surface area (Å²) in [6, 6.07) is 13.8. The van der Waals surface area contributed by atoms with Crippen LogP contribution in [-0.2, 0) is 10.3 Å². The van der Waals surface area contributed by atoms with Gasteiger partial charge in [0.25, 0.3) is 0 Å². The lowest BCUT2D eigenvalue weighted by Gasteiger charge is -2.39. The number of guanidine groups is 1. The van der Waals surface area contributed by atoms with E-state index in [0.29, 0.717) is 0 Å². The molecule has 0 saturated heterocycles. The Morgan fingerprint density at radius 2 is 1.96 bits per heavy atom. The second-order valence-corrected chi connectivity index (χ2v) is 6.62. The summed E-state index contributed by atoms with van der Waals surface area (Å²) in [5, 5.41) is 9.04. The van der Waals surface area contributed by atoms with Gasteiger partial charge in [-0.25, -0.2) is 9.38 Å². The first-order valence-corrected chi connectivity index (χ1v) is 8.21. The predicted molar refractivity (Wildman–Crippen MR) is 97.5 cm³/mol. The minimum Gasteiger partial charge on any atom is -0.369 e. The fraction of sp³-hybridized carbons (Fsp3) is 0.250. The van der Waals surface area contributed by atoms with E-state index in [0.717, 1.165) is 16.7 Å². The maximum absolute atomic E-state index is 13.6. The van der Waals surface area contributed by atoms with Gasteiger partial charge in [-0.2, -0.15) is 5.26 Å². The number of carbonyl (C=O) groups is 1. The first kappa shape index (κ1) is 17.6. The Bertz CT molecular complexity index is 963. The Kier molecular flexibility index (Phi) is 4.25. The molecule has 1 aliphatic heterocycles. The third kappa shape index (κ3) is 2.72. The highest BCUT2D eigenvalue weighted by Crippen LogP contribution is 2.38. The third-order valence-electron chi connectivity index (χ3n) is 5.10. The summed E-state index contributed by atoms with van der Waals surface area (Å²) in [4.78, 5) is 18.4. The van der Waals surface area contributed by atoms with Crippen molar-refractivity contribution in [2.24, 2.45) is 16.6 Å². The van der Waals surface area contributed by atoms with Crippen LogP contribution in [0, 0.1) is 23.1 Å². The molecule has 0 spiro atoms. The molecule has 1 heterocycles. The second-order valence-electron chi connectivity index (χ2n) is 6.62.